The zero-order chi connectivity index (χ0) is 11.4. The fraction of sp³-hybridized carbons (Fsp3) is 0.231. The normalized spacial score (nSPS) is 12.6. The minimum absolute atomic E-state index is 0.419. The van der Waals surface area contributed by atoms with Crippen molar-refractivity contribution in [1.82, 2.24) is 0 Å². The van der Waals surface area contributed by atoms with Crippen LogP contribution in [0.2, 0.25) is 0 Å². The van der Waals surface area contributed by atoms with Gasteiger partial charge in [-0.1, -0.05) is 34.1 Å². The van der Waals surface area contributed by atoms with E-state index in [4.69, 9.17) is 0 Å². The molecule has 84 valence electrons. The molecule has 0 N–H and O–H groups in total. The van der Waals surface area contributed by atoms with Crippen LogP contribution in [-0.4, -0.2) is 6.26 Å². The molecule has 1 atom stereocenters. The molecule has 0 amide bonds. The molecule has 0 aliphatic carbocycles. The highest BCUT2D eigenvalue weighted by molar-refractivity contribution is 9.09. The van der Waals surface area contributed by atoms with E-state index < -0.39 is 0 Å². The summed E-state index contributed by atoms with van der Waals surface area (Å²) in [4.78, 5) is 3.16. The monoisotopic (exact) mass is 312 g/mol. The highest BCUT2D eigenvalue weighted by Crippen LogP contribution is 2.29. The van der Waals surface area contributed by atoms with Gasteiger partial charge >= 0.3 is 0 Å². The maximum atomic E-state index is 3.75. The molecule has 0 spiro atoms. The molecule has 0 saturated carbocycles. The second-order valence-electron chi connectivity index (χ2n) is 3.52. The second-order valence-corrected chi connectivity index (χ2v) is 6.54. The van der Waals surface area contributed by atoms with Gasteiger partial charge in [-0.15, -0.1) is 23.1 Å². The predicted octanol–water partition coefficient (Wildman–Crippen LogP) is 5.15. The number of thioether (sulfide) groups is 1. The lowest BCUT2D eigenvalue weighted by Gasteiger charge is -2.09. The van der Waals surface area contributed by atoms with Crippen molar-refractivity contribution < 1.29 is 0 Å². The first-order valence-corrected chi connectivity index (χ1v) is 8.12. The number of halogens is 1. The fourth-order valence-electron chi connectivity index (χ4n) is 1.54. The van der Waals surface area contributed by atoms with Gasteiger partial charge in [-0.2, -0.15) is 0 Å². The summed E-state index contributed by atoms with van der Waals surface area (Å²) in [6, 6.07) is 13.1. The highest BCUT2D eigenvalue weighted by Gasteiger charge is 2.08. The largest absolute Gasteiger partial charge is 0.149 e. The average molecular weight is 313 g/mol. The van der Waals surface area contributed by atoms with Crippen molar-refractivity contribution in [3.05, 3.63) is 52.2 Å². The maximum absolute atomic E-state index is 3.75. The van der Waals surface area contributed by atoms with E-state index in [2.05, 4.69) is 64.0 Å². The molecular weight excluding hydrogens is 300 g/mol. The third-order valence-electron chi connectivity index (χ3n) is 2.44. The molecule has 2 aromatic rings. The minimum Gasteiger partial charge on any atom is -0.149 e. The van der Waals surface area contributed by atoms with E-state index in [-0.39, 0.29) is 0 Å². The number of benzene rings is 1. The standard InChI is InChI=1S/C13H13BrS2/c1-15-11-6-4-10(5-7-11)13(14)9-12-3-2-8-16-12/h2-8,13H,9H2,1H3. The Labute approximate surface area is 113 Å². The summed E-state index contributed by atoms with van der Waals surface area (Å²) in [5, 5.41) is 2.13. The van der Waals surface area contributed by atoms with Crippen LogP contribution in [0.15, 0.2) is 46.7 Å². The van der Waals surface area contributed by atoms with Gasteiger partial charge < -0.3 is 0 Å². The molecule has 0 aliphatic rings. The number of alkyl halides is 1. The number of rotatable bonds is 4. The summed E-state index contributed by atoms with van der Waals surface area (Å²) in [5.74, 6) is 0. The molecule has 0 saturated heterocycles. The summed E-state index contributed by atoms with van der Waals surface area (Å²) >= 11 is 7.35. The van der Waals surface area contributed by atoms with Crippen molar-refractivity contribution >= 4 is 39.0 Å². The quantitative estimate of drug-likeness (QED) is 0.556. The zero-order valence-electron chi connectivity index (χ0n) is 9.02. The van der Waals surface area contributed by atoms with E-state index in [1.54, 1.807) is 11.8 Å². The SMILES string of the molecule is CSc1ccc(C(Br)Cc2cccs2)cc1. The Hall–Kier alpha value is -0.250. The molecule has 0 bridgehead atoms. The lowest BCUT2D eigenvalue weighted by molar-refractivity contribution is 0.966. The Kier molecular flexibility index (Phi) is 4.50. The van der Waals surface area contributed by atoms with Gasteiger partial charge in [-0.25, -0.2) is 0 Å². The second kappa shape index (κ2) is 5.89. The van der Waals surface area contributed by atoms with E-state index in [1.165, 1.54) is 15.3 Å². The molecule has 1 aromatic heterocycles. The maximum Gasteiger partial charge on any atom is 0.0443 e. The topological polar surface area (TPSA) is 0 Å². The van der Waals surface area contributed by atoms with Crippen LogP contribution >= 0.6 is 39.0 Å². The first kappa shape index (κ1) is 12.2. The Morgan fingerprint density at radius 1 is 1.25 bits per heavy atom. The first-order valence-electron chi connectivity index (χ1n) is 5.10. The summed E-state index contributed by atoms with van der Waals surface area (Å²) in [7, 11) is 0. The summed E-state index contributed by atoms with van der Waals surface area (Å²) < 4.78 is 0. The fourth-order valence-corrected chi connectivity index (χ4v) is 3.56. The van der Waals surface area contributed by atoms with Crippen LogP contribution in [0.3, 0.4) is 0 Å². The summed E-state index contributed by atoms with van der Waals surface area (Å²) in [6.07, 6.45) is 3.17. The lowest BCUT2D eigenvalue weighted by atomic mass is 10.1. The molecule has 2 rings (SSSR count). The molecule has 1 heterocycles. The van der Waals surface area contributed by atoms with Crippen LogP contribution < -0.4 is 0 Å². The van der Waals surface area contributed by atoms with E-state index in [0.717, 1.165) is 6.42 Å². The predicted molar refractivity (Wildman–Crippen MR) is 77.9 cm³/mol. The number of thiophene rings is 1. The Morgan fingerprint density at radius 2 is 2.00 bits per heavy atom. The van der Waals surface area contributed by atoms with Gasteiger partial charge in [-0.3, -0.25) is 0 Å². The Morgan fingerprint density at radius 3 is 2.56 bits per heavy atom. The van der Waals surface area contributed by atoms with Crippen LogP contribution in [0.4, 0.5) is 0 Å². The van der Waals surface area contributed by atoms with Crippen LogP contribution in [-0.2, 0) is 6.42 Å². The average Bonchev–Trinajstić information content (AvgIpc) is 2.82. The molecule has 0 radical (unpaired) electrons. The van der Waals surface area contributed by atoms with Crippen molar-refractivity contribution in [3.63, 3.8) is 0 Å². The van der Waals surface area contributed by atoms with Gasteiger partial charge in [-0.05, 0) is 41.8 Å². The molecule has 0 fully saturated rings. The van der Waals surface area contributed by atoms with Gasteiger partial charge in [0.05, 0.1) is 0 Å². The van der Waals surface area contributed by atoms with E-state index in [9.17, 15) is 0 Å². The Bertz CT molecular complexity index is 420. The van der Waals surface area contributed by atoms with Gasteiger partial charge in [0.2, 0.25) is 0 Å². The van der Waals surface area contributed by atoms with E-state index >= 15 is 0 Å². The smallest absolute Gasteiger partial charge is 0.0443 e. The van der Waals surface area contributed by atoms with Crippen molar-refractivity contribution in [2.24, 2.45) is 0 Å². The molecular formula is C13H13BrS2. The third kappa shape index (κ3) is 3.12. The molecule has 0 nitrogen and oxygen atoms in total. The van der Waals surface area contributed by atoms with Crippen LogP contribution in [0, 0.1) is 0 Å². The van der Waals surface area contributed by atoms with Crippen LogP contribution in [0.5, 0.6) is 0 Å². The van der Waals surface area contributed by atoms with Crippen molar-refractivity contribution in [2.45, 2.75) is 16.1 Å². The zero-order valence-corrected chi connectivity index (χ0v) is 12.2. The molecule has 3 heteroatoms. The summed E-state index contributed by atoms with van der Waals surface area (Å²) in [5.41, 5.74) is 1.35. The molecule has 1 aromatic carbocycles. The molecule has 16 heavy (non-hydrogen) atoms. The summed E-state index contributed by atoms with van der Waals surface area (Å²) in [6.45, 7) is 0. The van der Waals surface area contributed by atoms with Crippen molar-refractivity contribution in [2.75, 3.05) is 6.26 Å². The first-order chi connectivity index (χ1) is 7.79. The van der Waals surface area contributed by atoms with Gasteiger partial charge in [0, 0.05) is 14.6 Å². The minimum atomic E-state index is 0.419. The number of hydrogen-bond acceptors (Lipinski definition) is 2. The van der Waals surface area contributed by atoms with Crippen molar-refractivity contribution in [1.29, 1.82) is 0 Å². The Balaban J connectivity index is 2.05. The highest BCUT2D eigenvalue weighted by atomic mass is 79.9. The van der Waals surface area contributed by atoms with Crippen molar-refractivity contribution in [3.8, 4) is 0 Å². The van der Waals surface area contributed by atoms with Gasteiger partial charge in [0.15, 0.2) is 0 Å². The molecule has 0 aliphatic heterocycles. The van der Waals surface area contributed by atoms with E-state index in [0.29, 0.717) is 4.83 Å². The van der Waals surface area contributed by atoms with Gasteiger partial charge in [0.1, 0.15) is 0 Å². The van der Waals surface area contributed by atoms with E-state index in [1.807, 2.05) is 11.3 Å². The lowest BCUT2D eigenvalue weighted by Crippen LogP contribution is -1.93. The number of hydrogen-bond donors (Lipinski definition) is 0. The third-order valence-corrected chi connectivity index (χ3v) is 4.93. The molecule has 1 unspecified atom stereocenters. The van der Waals surface area contributed by atoms with Gasteiger partial charge in [0.25, 0.3) is 0 Å². The van der Waals surface area contributed by atoms with Crippen LogP contribution in [0.25, 0.3) is 0 Å². The van der Waals surface area contributed by atoms with Crippen LogP contribution in [0.1, 0.15) is 15.3 Å².